The Labute approximate surface area is 186 Å². The summed E-state index contributed by atoms with van der Waals surface area (Å²) in [5, 5.41) is 2.89. The molecule has 0 radical (unpaired) electrons. The van der Waals surface area contributed by atoms with E-state index in [1.807, 2.05) is 17.7 Å². The summed E-state index contributed by atoms with van der Waals surface area (Å²) < 4.78 is 32.3. The molecule has 1 aliphatic heterocycles. The number of piperidine rings is 1. The van der Waals surface area contributed by atoms with Crippen LogP contribution in [-0.2, 0) is 14.8 Å². The third kappa shape index (κ3) is 5.11. The van der Waals surface area contributed by atoms with Gasteiger partial charge in [0.1, 0.15) is 23.7 Å². The SMILES string of the molecule is Cc1nccn1-c1cc(Oc2ccc(NC(=O)C3CCN(S(C)(=O)=O)CC3)cc2)ncn1. The fraction of sp³-hybridized carbons (Fsp3) is 0.333. The number of aromatic nitrogens is 4. The molecule has 0 saturated carbocycles. The molecule has 0 bridgehead atoms. The van der Waals surface area contributed by atoms with Gasteiger partial charge in [-0.2, -0.15) is 0 Å². The second-order valence-electron chi connectivity index (χ2n) is 7.61. The summed E-state index contributed by atoms with van der Waals surface area (Å²) in [6, 6.07) is 8.70. The number of nitrogens with zero attached hydrogens (tertiary/aromatic N) is 5. The van der Waals surface area contributed by atoms with E-state index >= 15 is 0 Å². The number of sulfonamides is 1. The monoisotopic (exact) mass is 456 g/mol. The molecule has 0 aliphatic carbocycles. The Balaban J connectivity index is 1.35. The Morgan fingerprint density at radius 3 is 2.47 bits per heavy atom. The minimum atomic E-state index is -3.21. The normalized spacial score (nSPS) is 15.4. The molecule has 3 heterocycles. The van der Waals surface area contributed by atoms with Crippen LogP contribution in [0, 0.1) is 12.8 Å². The molecule has 10 nitrogen and oxygen atoms in total. The van der Waals surface area contributed by atoms with Gasteiger partial charge < -0.3 is 10.1 Å². The minimum Gasteiger partial charge on any atom is -0.439 e. The highest BCUT2D eigenvalue weighted by atomic mass is 32.2. The molecule has 3 aromatic rings. The highest BCUT2D eigenvalue weighted by Crippen LogP contribution is 2.24. The number of aryl methyl sites for hydroxylation is 1. The standard InChI is InChI=1S/C21H24N6O4S/c1-15-22-9-12-27(15)19-13-20(24-14-23-19)31-18-5-3-17(4-6-18)25-21(28)16-7-10-26(11-8-16)32(2,29)30/h3-6,9,12-14,16H,7-8,10-11H2,1-2H3,(H,25,28). The molecule has 32 heavy (non-hydrogen) atoms. The zero-order chi connectivity index (χ0) is 22.7. The highest BCUT2D eigenvalue weighted by molar-refractivity contribution is 7.88. The topological polar surface area (TPSA) is 119 Å². The van der Waals surface area contributed by atoms with E-state index in [1.165, 1.54) is 16.9 Å². The van der Waals surface area contributed by atoms with Crippen molar-refractivity contribution in [1.82, 2.24) is 23.8 Å². The summed E-state index contributed by atoms with van der Waals surface area (Å²) in [6.07, 6.45) is 7.13. The predicted molar refractivity (Wildman–Crippen MR) is 118 cm³/mol. The largest absolute Gasteiger partial charge is 0.439 e. The Morgan fingerprint density at radius 2 is 1.84 bits per heavy atom. The van der Waals surface area contributed by atoms with Gasteiger partial charge in [-0.3, -0.25) is 9.36 Å². The Bertz CT molecular complexity index is 1200. The van der Waals surface area contributed by atoms with Crippen LogP contribution < -0.4 is 10.1 Å². The third-order valence-electron chi connectivity index (χ3n) is 5.34. The number of ether oxygens (including phenoxy) is 1. The van der Waals surface area contributed by atoms with Crippen LogP contribution in [0.2, 0.25) is 0 Å². The average Bonchev–Trinajstić information content (AvgIpc) is 3.21. The first-order valence-electron chi connectivity index (χ1n) is 10.2. The van der Waals surface area contributed by atoms with Crippen molar-refractivity contribution < 1.29 is 17.9 Å². The van der Waals surface area contributed by atoms with Crippen molar-refractivity contribution >= 4 is 21.6 Å². The van der Waals surface area contributed by atoms with Crippen LogP contribution in [0.3, 0.4) is 0 Å². The fourth-order valence-electron chi connectivity index (χ4n) is 3.56. The molecular formula is C21H24N6O4S. The molecule has 0 atom stereocenters. The maximum Gasteiger partial charge on any atom is 0.227 e. The van der Waals surface area contributed by atoms with Gasteiger partial charge in [0.25, 0.3) is 0 Å². The number of carbonyl (C=O) groups is 1. The van der Waals surface area contributed by atoms with Gasteiger partial charge in [-0.15, -0.1) is 0 Å². The maximum atomic E-state index is 12.5. The highest BCUT2D eigenvalue weighted by Gasteiger charge is 2.28. The lowest BCUT2D eigenvalue weighted by atomic mass is 9.97. The molecule has 1 N–H and O–H groups in total. The number of amides is 1. The molecule has 2 aromatic heterocycles. The van der Waals surface area contributed by atoms with Crippen LogP contribution in [0.5, 0.6) is 11.6 Å². The zero-order valence-corrected chi connectivity index (χ0v) is 18.6. The molecule has 1 amide bonds. The summed E-state index contributed by atoms with van der Waals surface area (Å²) in [5.41, 5.74) is 0.644. The van der Waals surface area contributed by atoms with Crippen molar-refractivity contribution in [1.29, 1.82) is 0 Å². The minimum absolute atomic E-state index is 0.108. The van der Waals surface area contributed by atoms with E-state index < -0.39 is 10.0 Å². The maximum absolute atomic E-state index is 12.5. The summed E-state index contributed by atoms with van der Waals surface area (Å²) in [5.74, 6) is 2.08. The number of imidazole rings is 1. The van der Waals surface area contributed by atoms with Crippen molar-refractivity contribution in [3.05, 3.63) is 54.9 Å². The van der Waals surface area contributed by atoms with Crippen LogP contribution in [0.4, 0.5) is 5.69 Å². The van der Waals surface area contributed by atoms with Crippen LogP contribution in [0.25, 0.3) is 5.82 Å². The second kappa shape index (κ2) is 9.05. The summed E-state index contributed by atoms with van der Waals surface area (Å²) in [6.45, 7) is 2.61. The van der Waals surface area contributed by atoms with Crippen LogP contribution in [0.15, 0.2) is 49.1 Å². The van der Waals surface area contributed by atoms with E-state index in [2.05, 4.69) is 20.3 Å². The average molecular weight is 457 g/mol. The van der Waals surface area contributed by atoms with E-state index in [0.29, 0.717) is 49.1 Å². The lowest BCUT2D eigenvalue weighted by Crippen LogP contribution is -2.40. The van der Waals surface area contributed by atoms with Crippen LogP contribution >= 0.6 is 0 Å². The predicted octanol–water partition coefficient (Wildman–Crippen LogP) is 2.37. The first-order valence-corrected chi connectivity index (χ1v) is 12.0. The lowest BCUT2D eigenvalue weighted by molar-refractivity contribution is -0.120. The molecular weight excluding hydrogens is 432 g/mol. The molecule has 1 aromatic carbocycles. The lowest BCUT2D eigenvalue weighted by Gasteiger charge is -2.29. The summed E-state index contributed by atoms with van der Waals surface area (Å²) in [7, 11) is -3.21. The molecule has 1 aliphatic rings. The van der Waals surface area contributed by atoms with Gasteiger partial charge in [-0.1, -0.05) is 0 Å². The van der Waals surface area contributed by atoms with Gasteiger partial charge in [0, 0.05) is 43.2 Å². The van der Waals surface area contributed by atoms with Gasteiger partial charge in [0.2, 0.25) is 21.8 Å². The van der Waals surface area contributed by atoms with E-state index in [0.717, 1.165) is 5.82 Å². The van der Waals surface area contributed by atoms with E-state index in [-0.39, 0.29) is 11.8 Å². The zero-order valence-electron chi connectivity index (χ0n) is 17.8. The van der Waals surface area contributed by atoms with E-state index in [9.17, 15) is 13.2 Å². The number of anilines is 1. The van der Waals surface area contributed by atoms with Crippen LogP contribution in [0.1, 0.15) is 18.7 Å². The number of hydrogen-bond acceptors (Lipinski definition) is 7. The first-order chi connectivity index (χ1) is 15.3. The molecule has 11 heteroatoms. The van der Waals surface area contributed by atoms with Gasteiger partial charge in [0.15, 0.2) is 0 Å². The van der Waals surface area contributed by atoms with Crippen molar-refractivity contribution in [3.63, 3.8) is 0 Å². The Kier molecular flexibility index (Phi) is 6.19. The number of hydrogen-bond donors (Lipinski definition) is 1. The molecule has 1 saturated heterocycles. The summed E-state index contributed by atoms with van der Waals surface area (Å²) in [4.78, 5) is 25.1. The first kappa shape index (κ1) is 21.9. The molecule has 168 valence electrons. The molecule has 4 rings (SSSR count). The fourth-order valence-corrected chi connectivity index (χ4v) is 4.43. The number of nitrogens with one attached hydrogen (secondary N) is 1. The van der Waals surface area contributed by atoms with Gasteiger partial charge in [-0.05, 0) is 44.0 Å². The molecule has 1 fully saturated rings. The van der Waals surface area contributed by atoms with Crippen LogP contribution in [-0.4, -0.2) is 57.5 Å². The van der Waals surface area contributed by atoms with Gasteiger partial charge in [-0.25, -0.2) is 27.7 Å². The van der Waals surface area contributed by atoms with Crippen molar-refractivity contribution in [2.75, 3.05) is 24.7 Å². The van der Waals surface area contributed by atoms with E-state index in [4.69, 9.17) is 4.74 Å². The van der Waals surface area contributed by atoms with Crippen molar-refractivity contribution in [2.24, 2.45) is 5.92 Å². The molecule has 0 unspecified atom stereocenters. The number of carbonyl (C=O) groups excluding carboxylic acids is 1. The Morgan fingerprint density at radius 1 is 1.12 bits per heavy atom. The third-order valence-corrected chi connectivity index (χ3v) is 6.64. The van der Waals surface area contributed by atoms with Gasteiger partial charge in [0.05, 0.1) is 6.26 Å². The quantitative estimate of drug-likeness (QED) is 0.605. The molecule has 0 spiro atoms. The second-order valence-corrected chi connectivity index (χ2v) is 9.59. The van der Waals surface area contributed by atoms with Crippen molar-refractivity contribution in [3.8, 4) is 17.4 Å². The summed E-state index contributed by atoms with van der Waals surface area (Å²) >= 11 is 0. The smallest absolute Gasteiger partial charge is 0.227 e. The number of benzene rings is 1. The van der Waals surface area contributed by atoms with Gasteiger partial charge >= 0.3 is 0 Å². The van der Waals surface area contributed by atoms with E-state index in [1.54, 1.807) is 36.5 Å². The number of rotatable bonds is 6. The van der Waals surface area contributed by atoms with Crippen molar-refractivity contribution in [2.45, 2.75) is 19.8 Å². The Hall–Kier alpha value is -3.31.